The van der Waals surface area contributed by atoms with Crippen LogP contribution in [-0.4, -0.2) is 55.8 Å². The minimum Gasteiger partial charge on any atom is -0.494 e. The monoisotopic (exact) mass is 574 g/mol. The highest BCUT2D eigenvalue weighted by Crippen LogP contribution is 2.33. The molecule has 1 aliphatic heterocycles. The van der Waals surface area contributed by atoms with Crippen molar-refractivity contribution in [2.75, 3.05) is 25.0 Å². The van der Waals surface area contributed by atoms with Crippen molar-refractivity contribution in [2.24, 2.45) is 0 Å². The van der Waals surface area contributed by atoms with Crippen molar-refractivity contribution in [3.8, 4) is 0 Å². The van der Waals surface area contributed by atoms with E-state index in [0.717, 1.165) is 55.0 Å². The van der Waals surface area contributed by atoms with Gasteiger partial charge >= 0.3 is 6.09 Å². The SMILES string of the molecule is C=C(OCC)c1c(C)c2cnc(Nc3ccc(C4CCN(C(=O)OC(C)(C)C)CC4)cn3)nc2n(C2CCCC2)c1=O. The van der Waals surface area contributed by atoms with Gasteiger partial charge in [0.05, 0.1) is 12.2 Å². The molecule has 0 radical (unpaired) electrons. The number of ether oxygens (including phenoxy) is 2. The molecule has 1 aliphatic carbocycles. The molecule has 1 saturated carbocycles. The Bertz CT molecular complexity index is 1510. The first-order chi connectivity index (χ1) is 20.1. The first-order valence-corrected chi connectivity index (χ1v) is 15.0. The molecule has 4 heterocycles. The Morgan fingerprint density at radius 3 is 2.43 bits per heavy atom. The molecular weight excluding hydrogens is 532 g/mol. The van der Waals surface area contributed by atoms with E-state index in [2.05, 4.69) is 27.9 Å². The number of amides is 1. The number of likely N-dealkylation sites (tertiary alicyclic amines) is 1. The number of carbonyl (C=O) groups excluding carboxylic acids is 1. The van der Waals surface area contributed by atoms with Gasteiger partial charge in [0.2, 0.25) is 5.95 Å². The molecule has 3 aromatic rings. The number of piperidine rings is 1. The van der Waals surface area contributed by atoms with Gasteiger partial charge in [0.15, 0.2) is 0 Å². The van der Waals surface area contributed by atoms with Gasteiger partial charge in [-0.2, -0.15) is 4.98 Å². The zero-order valence-electron chi connectivity index (χ0n) is 25.4. The van der Waals surface area contributed by atoms with E-state index < -0.39 is 5.60 Å². The van der Waals surface area contributed by atoms with E-state index in [1.54, 1.807) is 11.1 Å². The number of nitrogens with zero attached hydrogens (tertiary/aromatic N) is 5. The summed E-state index contributed by atoms with van der Waals surface area (Å²) in [5, 5.41) is 4.03. The number of hydrogen-bond acceptors (Lipinski definition) is 8. The maximum atomic E-state index is 13.8. The molecule has 224 valence electrons. The molecule has 1 amide bonds. The Hall–Kier alpha value is -3.95. The van der Waals surface area contributed by atoms with Crippen LogP contribution in [0.4, 0.5) is 16.6 Å². The van der Waals surface area contributed by atoms with Gasteiger partial charge in [-0.05, 0) is 83.4 Å². The summed E-state index contributed by atoms with van der Waals surface area (Å²) >= 11 is 0. The predicted molar refractivity (Wildman–Crippen MR) is 164 cm³/mol. The number of anilines is 2. The van der Waals surface area contributed by atoms with Crippen LogP contribution in [0.15, 0.2) is 35.9 Å². The average molecular weight is 575 g/mol. The molecule has 0 spiro atoms. The van der Waals surface area contributed by atoms with Crippen molar-refractivity contribution in [3.05, 3.63) is 58.1 Å². The first kappa shape index (κ1) is 29.5. The van der Waals surface area contributed by atoms with Crippen LogP contribution in [0.2, 0.25) is 0 Å². The molecule has 0 atom stereocenters. The van der Waals surface area contributed by atoms with Gasteiger partial charge in [-0.3, -0.25) is 9.36 Å². The number of fused-ring (bicyclic) bond motifs is 1. The van der Waals surface area contributed by atoms with E-state index >= 15 is 0 Å². The number of pyridine rings is 2. The van der Waals surface area contributed by atoms with Crippen LogP contribution in [0, 0.1) is 6.92 Å². The van der Waals surface area contributed by atoms with Gasteiger partial charge in [-0.15, -0.1) is 0 Å². The molecule has 5 rings (SSSR count). The molecule has 1 saturated heterocycles. The van der Waals surface area contributed by atoms with E-state index in [1.165, 1.54) is 0 Å². The second kappa shape index (κ2) is 12.1. The second-order valence-electron chi connectivity index (χ2n) is 12.2. The minimum absolute atomic E-state index is 0.0793. The van der Waals surface area contributed by atoms with Crippen LogP contribution in [0.3, 0.4) is 0 Å². The molecule has 0 bridgehead atoms. The van der Waals surface area contributed by atoms with Gasteiger partial charge in [0.1, 0.15) is 22.8 Å². The molecule has 2 aliphatic rings. The van der Waals surface area contributed by atoms with E-state index in [0.29, 0.717) is 54.4 Å². The highest BCUT2D eigenvalue weighted by molar-refractivity contribution is 5.84. The fraction of sp³-hybridized carbons (Fsp3) is 0.531. The van der Waals surface area contributed by atoms with Crippen LogP contribution < -0.4 is 10.9 Å². The lowest BCUT2D eigenvalue weighted by Gasteiger charge is -2.33. The van der Waals surface area contributed by atoms with Gasteiger partial charge in [-0.1, -0.05) is 25.5 Å². The van der Waals surface area contributed by atoms with Crippen molar-refractivity contribution in [1.82, 2.24) is 24.4 Å². The van der Waals surface area contributed by atoms with Crippen molar-refractivity contribution >= 4 is 34.7 Å². The normalized spacial score (nSPS) is 16.5. The molecule has 2 fully saturated rings. The third-order valence-electron chi connectivity index (χ3n) is 8.14. The van der Waals surface area contributed by atoms with E-state index in [9.17, 15) is 9.59 Å². The molecular formula is C32H42N6O4. The lowest BCUT2D eigenvalue weighted by Crippen LogP contribution is -2.41. The molecule has 0 unspecified atom stereocenters. The molecule has 1 N–H and O–H groups in total. The molecule has 0 aromatic carbocycles. The Labute approximate surface area is 247 Å². The van der Waals surface area contributed by atoms with Crippen LogP contribution in [-0.2, 0) is 9.47 Å². The minimum atomic E-state index is -0.496. The number of rotatable bonds is 7. The van der Waals surface area contributed by atoms with Crippen LogP contribution in [0.1, 0.15) is 94.9 Å². The van der Waals surface area contributed by atoms with Crippen molar-refractivity contribution in [2.45, 2.75) is 90.7 Å². The van der Waals surface area contributed by atoms with Gasteiger partial charge in [-0.25, -0.2) is 14.8 Å². The predicted octanol–water partition coefficient (Wildman–Crippen LogP) is 6.48. The van der Waals surface area contributed by atoms with Gasteiger partial charge in [0, 0.05) is 36.9 Å². The third kappa shape index (κ3) is 6.27. The van der Waals surface area contributed by atoms with E-state index in [1.807, 2.05) is 51.4 Å². The lowest BCUT2D eigenvalue weighted by atomic mass is 9.90. The zero-order valence-corrected chi connectivity index (χ0v) is 25.4. The molecule has 10 nitrogen and oxygen atoms in total. The topological polar surface area (TPSA) is 111 Å². The maximum absolute atomic E-state index is 13.8. The molecule has 3 aromatic heterocycles. The maximum Gasteiger partial charge on any atom is 0.410 e. The highest BCUT2D eigenvalue weighted by atomic mass is 16.6. The summed E-state index contributed by atoms with van der Waals surface area (Å²) in [6.07, 6.45) is 9.14. The highest BCUT2D eigenvalue weighted by Gasteiger charge is 2.28. The molecule has 10 heteroatoms. The van der Waals surface area contributed by atoms with Gasteiger partial charge in [0.25, 0.3) is 5.56 Å². The zero-order chi connectivity index (χ0) is 30.0. The summed E-state index contributed by atoms with van der Waals surface area (Å²) < 4.78 is 13.0. The van der Waals surface area contributed by atoms with E-state index in [-0.39, 0.29) is 17.7 Å². The quantitative estimate of drug-likeness (QED) is 0.319. The standard InChI is InChI=1S/C32H42N6O4/c1-7-41-21(3)27-20(2)25-19-34-30(36-28(25)38(29(27)39)24-10-8-9-11-24)35-26-13-12-23(18-33-26)22-14-16-37(17-15-22)31(40)42-32(4,5)6/h12-13,18-19,22,24H,3,7-11,14-17H2,1-2,4-6H3,(H,33,34,35,36). The number of carbonyl (C=O) groups is 1. The van der Waals surface area contributed by atoms with Crippen molar-refractivity contribution in [3.63, 3.8) is 0 Å². The smallest absolute Gasteiger partial charge is 0.410 e. The van der Waals surface area contributed by atoms with Crippen LogP contribution in [0.25, 0.3) is 16.8 Å². The fourth-order valence-corrected chi connectivity index (χ4v) is 6.03. The molecule has 42 heavy (non-hydrogen) atoms. The Balaban J connectivity index is 1.34. The lowest BCUT2D eigenvalue weighted by molar-refractivity contribution is 0.0205. The summed E-state index contributed by atoms with van der Waals surface area (Å²) in [5.74, 6) is 1.72. The second-order valence-corrected chi connectivity index (χ2v) is 12.2. The van der Waals surface area contributed by atoms with Crippen LogP contribution >= 0.6 is 0 Å². The number of aryl methyl sites for hydroxylation is 1. The summed E-state index contributed by atoms with van der Waals surface area (Å²) in [6, 6.07) is 4.07. The summed E-state index contributed by atoms with van der Waals surface area (Å²) in [7, 11) is 0. The Kier molecular flexibility index (Phi) is 8.52. The summed E-state index contributed by atoms with van der Waals surface area (Å²) in [4.78, 5) is 42.0. The average Bonchev–Trinajstić information content (AvgIpc) is 3.47. The summed E-state index contributed by atoms with van der Waals surface area (Å²) in [6.45, 7) is 15.2. The van der Waals surface area contributed by atoms with Gasteiger partial charge < -0.3 is 19.7 Å². The Morgan fingerprint density at radius 2 is 1.81 bits per heavy atom. The number of aromatic nitrogens is 4. The fourth-order valence-electron chi connectivity index (χ4n) is 6.03. The number of hydrogen-bond donors (Lipinski definition) is 1. The Morgan fingerprint density at radius 1 is 1.10 bits per heavy atom. The first-order valence-electron chi connectivity index (χ1n) is 15.0. The third-order valence-corrected chi connectivity index (χ3v) is 8.14. The summed E-state index contributed by atoms with van der Waals surface area (Å²) in [5.41, 5.74) is 2.41. The van der Waals surface area contributed by atoms with Crippen molar-refractivity contribution < 1.29 is 14.3 Å². The number of nitrogens with one attached hydrogen (secondary N) is 1. The largest absolute Gasteiger partial charge is 0.494 e. The van der Waals surface area contributed by atoms with Crippen molar-refractivity contribution in [1.29, 1.82) is 0 Å². The van der Waals surface area contributed by atoms with Crippen LogP contribution in [0.5, 0.6) is 0 Å². The van der Waals surface area contributed by atoms with E-state index in [4.69, 9.17) is 14.5 Å².